The summed E-state index contributed by atoms with van der Waals surface area (Å²) in [5, 5.41) is 0. The van der Waals surface area contributed by atoms with Gasteiger partial charge in [0.2, 0.25) is 0 Å². The number of aromatic nitrogens is 2. The SMILES string of the molecule is Cc1nc(-n2ccc3c2CC(C)(C)CC3=O)ccc1Br. The average Bonchev–Trinajstić information content (AvgIpc) is 2.75. The van der Waals surface area contributed by atoms with Crippen LogP contribution >= 0.6 is 15.9 Å². The number of aryl methyl sites for hydroxylation is 1. The molecule has 0 bridgehead atoms. The van der Waals surface area contributed by atoms with Gasteiger partial charge in [-0.1, -0.05) is 13.8 Å². The molecule has 0 saturated heterocycles. The van der Waals surface area contributed by atoms with Crippen LogP contribution in [0.5, 0.6) is 0 Å². The number of fused-ring (bicyclic) bond motifs is 1. The first-order valence-electron chi connectivity index (χ1n) is 6.74. The van der Waals surface area contributed by atoms with Crippen molar-refractivity contribution in [2.24, 2.45) is 5.41 Å². The van der Waals surface area contributed by atoms with Gasteiger partial charge in [0.05, 0.1) is 5.69 Å². The number of carbonyl (C=O) groups excluding carboxylic acids is 1. The summed E-state index contributed by atoms with van der Waals surface area (Å²) in [4.78, 5) is 16.8. The van der Waals surface area contributed by atoms with Crippen molar-refractivity contribution < 1.29 is 4.79 Å². The summed E-state index contributed by atoms with van der Waals surface area (Å²) < 4.78 is 3.05. The molecule has 2 heterocycles. The highest BCUT2D eigenvalue weighted by Gasteiger charge is 2.33. The van der Waals surface area contributed by atoms with E-state index in [0.717, 1.165) is 33.7 Å². The van der Waals surface area contributed by atoms with Crippen LogP contribution in [0.25, 0.3) is 5.82 Å². The molecule has 2 aromatic rings. The van der Waals surface area contributed by atoms with E-state index in [9.17, 15) is 4.79 Å². The van der Waals surface area contributed by atoms with E-state index >= 15 is 0 Å². The zero-order valence-electron chi connectivity index (χ0n) is 11.9. The molecule has 0 spiro atoms. The van der Waals surface area contributed by atoms with Crippen LogP contribution in [-0.2, 0) is 6.42 Å². The van der Waals surface area contributed by atoms with E-state index in [-0.39, 0.29) is 11.2 Å². The summed E-state index contributed by atoms with van der Waals surface area (Å²) >= 11 is 3.47. The van der Waals surface area contributed by atoms with E-state index in [1.54, 1.807) is 0 Å². The van der Waals surface area contributed by atoms with Gasteiger partial charge >= 0.3 is 0 Å². The topological polar surface area (TPSA) is 34.9 Å². The zero-order chi connectivity index (χ0) is 14.5. The van der Waals surface area contributed by atoms with Gasteiger partial charge in [0.1, 0.15) is 5.82 Å². The van der Waals surface area contributed by atoms with Gasteiger partial charge in [0.15, 0.2) is 5.78 Å². The molecule has 4 heteroatoms. The second-order valence-corrected chi connectivity index (χ2v) is 7.08. The van der Waals surface area contributed by atoms with Crippen LogP contribution in [0.3, 0.4) is 0 Å². The van der Waals surface area contributed by atoms with Crippen LogP contribution < -0.4 is 0 Å². The molecule has 3 nitrogen and oxygen atoms in total. The maximum atomic E-state index is 12.2. The van der Waals surface area contributed by atoms with E-state index < -0.39 is 0 Å². The van der Waals surface area contributed by atoms with Gasteiger partial charge in [0, 0.05) is 28.3 Å². The van der Waals surface area contributed by atoms with E-state index in [1.807, 2.05) is 35.9 Å². The lowest BCUT2D eigenvalue weighted by molar-refractivity contribution is 0.0911. The molecule has 0 saturated carbocycles. The quantitative estimate of drug-likeness (QED) is 0.788. The summed E-state index contributed by atoms with van der Waals surface area (Å²) in [6.45, 7) is 6.26. The van der Waals surface area contributed by atoms with Crippen molar-refractivity contribution in [3.05, 3.63) is 45.8 Å². The van der Waals surface area contributed by atoms with Crippen molar-refractivity contribution in [1.82, 2.24) is 9.55 Å². The predicted octanol–water partition coefficient (Wildman–Crippen LogP) is 4.10. The van der Waals surface area contributed by atoms with Crippen LogP contribution in [0.15, 0.2) is 28.9 Å². The lowest BCUT2D eigenvalue weighted by Crippen LogP contribution is -2.27. The Balaban J connectivity index is 2.13. The minimum Gasteiger partial charge on any atom is -0.305 e. The molecule has 0 aliphatic heterocycles. The number of nitrogens with zero attached hydrogens (tertiary/aromatic N) is 2. The third-order valence-electron chi connectivity index (χ3n) is 3.83. The Morgan fingerprint density at radius 2 is 2.00 bits per heavy atom. The fourth-order valence-corrected chi connectivity index (χ4v) is 3.05. The summed E-state index contributed by atoms with van der Waals surface area (Å²) in [6.07, 6.45) is 3.48. The second-order valence-electron chi connectivity index (χ2n) is 6.22. The van der Waals surface area contributed by atoms with Gasteiger partial charge in [-0.05, 0) is 52.9 Å². The lowest BCUT2D eigenvalue weighted by atomic mass is 9.76. The Morgan fingerprint density at radius 1 is 1.25 bits per heavy atom. The van der Waals surface area contributed by atoms with Crippen molar-refractivity contribution in [1.29, 1.82) is 0 Å². The Labute approximate surface area is 127 Å². The van der Waals surface area contributed by atoms with Crippen LogP contribution in [-0.4, -0.2) is 15.3 Å². The molecule has 0 atom stereocenters. The van der Waals surface area contributed by atoms with Gasteiger partial charge in [0.25, 0.3) is 0 Å². The first-order valence-corrected chi connectivity index (χ1v) is 7.54. The van der Waals surface area contributed by atoms with Crippen LogP contribution in [0.4, 0.5) is 0 Å². The molecule has 2 aromatic heterocycles. The Morgan fingerprint density at radius 3 is 2.70 bits per heavy atom. The second kappa shape index (κ2) is 4.55. The normalized spacial score (nSPS) is 17.1. The highest BCUT2D eigenvalue weighted by Crippen LogP contribution is 2.36. The summed E-state index contributed by atoms with van der Waals surface area (Å²) in [6, 6.07) is 5.90. The maximum absolute atomic E-state index is 12.2. The lowest BCUT2D eigenvalue weighted by Gasteiger charge is -2.29. The number of hydrogen-bond acceptors (Lipinski definition) is 2. The number of rotatable bonds is 1. The molecule has 0 amide bonds. The predicted molar refractivity (Wildman–Crippen MR) is 82.4 cm³/mol. The van der Waals surface area contributed by atoms with Crippen molar-refractivity contribution >= 4 is 21.7 Å². The molecule has 0 unspecified atom stereocenters. The Hall–Kier alpha value is -1.42. The van der Waals surface area contributed by atoms with Crippen molar-refractivity contribution in [3.8, 4) is 5.82 Å². The van der Waals surface area contributed by atoms with Crippen LogP contribution in [0, 0.1) is 12.3 Å². The monoisotopic (exact) mass is 332 g/mol. The van der Waals surface area contributed by atoms with Gasteiger partial charge < -0.3 is 4.57 Å². The highest BCUT2D eigenvalue weighted by atomic mass is 79.9. The Kier molecular flexibility index (Phi) is 3.09. The van der Waals surface area contributed by atoms with E-state index in [4.69, 9.17) is 0 Å². The number of hydrogen-bond donors (Lipinski definition) is 0. The summed E-state index contributed by atoms with van der Waals surface area (Å²) in [5.41, 5.74) is 2.91. The number of ketones is 1. The smallest absolute Gasteiger partial charge is 0.165 e. The zero-order valence-corrected chi connectivity index (χ0v) is 13.5. The molecule has 0 radical (unpaired) electrons. The highest BCUT2D eigenvalue weighted by molar-refractivity contribution is 9.10. The first kappa shape index (κ1) is 13.6. The number of carbonyl (C=O) groups is 1. The molecule has 0 fully saturated rings. The molecule has 3 rings (SSSR count). The number of halogens is 1. The third kappa shape index (κ3) is 2.22. The first-order chi connectivity index (χ1) is 9.37. The molecular formula is C16H17BrN2O. The fraction of sp³-hybridized carbons (Fsp3) is 0.375. The minimum absolute atomic E-state index is 0.0184. The fourth-order valence-electron chi connectivity index (χ4n) is 2.82. The van der Waals surface area contributed by atoms with E-state index in [0.29, 0.717) is 6.42 Å². The molecule has 1 aliphatic rings. The van der Waals surface area contributed by atoms with Crippen LogP contribution in [0.2, 0.25) is 0 Å². The summed E-state index contributed by atoms with van der Waals surface area (Å²) in [5.74, 6) is 1.11. The average molecular weight is 333 g/mol. The number of pyridine rings is 1. The Bertz CT molecular complexity index is 700. The van der Waals surface area contributed by atoms with Crippen molar-refractivity contribution in [2.45, 2.75) is 33.6 Å². The summed E-state index contributed by atoms with van der Waals surface area (Å²) in [7, 11) is 0. The molecule has 1 aliphatic carbocycles. The van der Waals surface area contributed by atoms with Crippen LogP contribution in [0.1, 0.15) is 42.0 Å². The van der Waals surface area contributed by atoms with E-state index in [2.05, 4.69) is 34.8 Å². The van der Waals surface area contributed by atoms with Gasteiger partial charge in [-0.25, -0.2) is 4.98 Å². The standard InChI is InChI=1S/C16H17BrN2O/c1-10-12(17)4-5-15(18-10)19-7-6-11-13(19)8-16(2,3)9-14(11)20/h4-7H,8-9H2,1-3H3. The van der Waals surface area contributed by atoms with E-state index in [1.165, 1.54) is 0 Å². The molecule has 20 heavy (non-hydrogen) atoms. The van der Waals surface area contributed by atoms with Crippen molar-refractivity contribution in [3.63, 3.8) is 0 Å². The van der Waals surface area contributed by atoms with Gasteiger partial charge in [-0.3, -0.25) is 4.79 Å². The molecular weight excluding hydrogens is 316 g/mol. The minimum atomic E-state index is 0.0184. The van der Waals surface area contributed by atoms with Gasteiger partial charge in [-0.2, -0.15) is 0 Å². The molecule has 0 N–H and O–H groups in total. The van der Waals surface area contributed by atoms with Crippen molar-refractivity contribution in [2.75, 3.05) is 0 Å². The van der Waals surface area contributed by atoms with Gasteiger partial charge in [-0.15, -0.1) is 0 Å². The molecule has 104 valence electrons. The number of Topliss-reactive ketones (excluding diaryl/α,β-unsaturated/α-hetero) is 1. The largest absolute Gasteiger partial charge is 0.305 e. The maximum Gasteiger partial charge on any atom is 0.165 e. The molecule has 0 aromatic carbocycles. The third-order valence-corrected chi connectivity index (χ3v) is 4.67.